The highest BCUT2D eigenvalue weighted by atomic mass is 16.5. The van der Waals surface area contributed by atoms with Gasteiger partial charge in [-0.25, -0.2) is 4.79 Å². The Bertz CT molecular complexity index is 428. The molecule has 2 rings (SSSR count). The van der Waals surface area contributed by atoms with Gasteiger partial charge in [-0.05, 0) is 31.7 Å². The maximum absolute atomic E-state index is 11.9. The summed E-state index contributed by atoms with van der Waals surface area (Å²) >= 11 is 0. The first-order chi connectivity index (χ1) is 8.66. The second kappa shape index (κ2) is 5.82. The summed E-state index contributed by atoms with van der Waals surface area (Å²) in [5, 5.41) is 0. The molecule has 0 aliphatic carbocycles. The third-order valence-electron chi connectivity index (χ3n) is 3.12. The van der Waals surface area contributed by atoms with Crippen molar-refractivity contribution in [1.29, 1.82) is 0 Å². The predicted molar refractivity (Wildman–Crippen MR) is 67.2 cm³/mol. The van der Waals surface area contributed by atoms with Crippen LogP contribution in [0.2, 0.25) is 0 Å². The van der Waals surface area contributed by atoms with Gasteiger partial charge in [0, 0.05) is 13.2 Å². The number of rotatable bonds is 3. The lowest BCUT2D eigenvalue weighted by atomic mass is 10.0. The van der Waals surface area contributed by atoms with Gasteiger partial charge in [-0.3, -0.25) is 4.98 Å². The molecule has 0 atom stereocenters. The summed E-state index contributed by atoms with van der Waals surface area (Å²) in [7, 11) is 0. The average molecular weight is 250 g/mol. The number of carbonyl (C=O) groups is 1. The molecule has 1 aromatic rings. The summed E-state index contributed by atoms with van der Waals surface area (Å²) in [5.41, 5.74) is 7.17. The van der Waals surface area contributed by atoms with E-state index < -0.39 is 0 Å². The van der Waals surface area contributed by atoms with E-state index in [4.69, 9.17) is 15.2 Å². The third kappa shape index (κ3) is 3.20. The number of aryl methyl sites for hydroxylation is 1. The number of esters is 1. The van der Waals surface area contributed by atoms with E-state index in [9.17, 15) is 4.79 Å². The maximum atomic E-state index is 11.9. The molecule has 1 fully saturated rings. The van der Waals surface area contributed by atoms with Crippen molar-refractivity contribution in [2.45, 2.75) is 19.8 Å². The van der Waals surface area contributed by atoms with Gasteiger partial charge in [0.2, 0.25) is 0 Å². The van der Waals surface area contributed by atoms with Crippen molar-refractivity contribution < 1.29 is 14.3 Å². The third-order valence-corrected chi connectivity index (χ3v) is 3.12. The number of ether oxygens (including phenoxy) is 2. The SMILES string of the molecule is Cc1ncc(N)cc1C(=O)OCC1CCOCC1. The Labute approximate surface area is 106 Å². The van der Waals surface area contributed by atoms with E-state index >= 15 is 0 Å². The lowest BCUT2D eigenvalue weighted by Gasteiger charge is -2.21. The molecule has 1 saturated heterocycles. The lowest BCUT2D eigenvalue weighted by molar-refractivity contribution is 0.0185. The van der Waals surface area contributed by atoms with Gasteiger partial charge in [0.05, 0.1) is 29.7 Å². The molecule has 5 nitrogen and oxygen atoms in total. The second-order valence-corrected chi connectivity index (χ2v) is 4.56. The highest BCUT2D eigenvalue weighted by Crippen LogP contribution is 2.17. The molecule has 5 heteroatoms. The van der Waals surface area contributed by atoms with Crippen molar-refractivity contribution in [3.63, 3.8) is 0 Å². The number of nitrogens with zero attached hydrogens (tertiary/aromatic N) is 1. The molecule has 0 spiro atoms. The zero-order valence-electron chi connectivity index (χ0n) is 10.5. The van der Waals surface area contributed by atoms with Gasteiger partial charge < -0.3 is 15.2 Å². The molecule has 1 aromatic heterocycles. The molecule has 18 heavy (non-hydrogen) atoms. The molecule has 0 unspecified atom stereocenters. The van der Waals surface area contributed by atoms with E-state index in [-0.39, 0.29) is 5.97 Å². The summed E-state index contributed by atoms with van der Waals surface area (Å²) in [5.74, 6) is 0.0517. The Morgan fingerprint density at radius 3 is 3.00 bits per heavy atom. The second-order valence-electron chi connectivity index (χ2n) is 4.56. The van der Waals surface area contributed by atoms with E-state index in [2.05, 4.69) is 4.98 Å². The highest BCUT2D eigenvalue weighted by molar-refractivity contribution is 5.91. The van der Waals surface area contributed by atoms with Crippen molar-refractivity contribution in [1.82, 2.24) is 4.98 Å². The van der Waals surface area contributed by atoms with Crippen LogP contribution in [0.3, 0.4) is 0 Å². The van der Waals surface area contributed by atoms with E-state index in [1.54, 1.807) is 13.0 Å². The first-order valence-corrected chi connectivity index (χ1v) is 6.14. The molecule has 1 aliphatic rings. The molecule has 2 heterocycles. The summed E-state index contributed by atoms with van der Waals surface area (Å²) in [6.45, 7) is 3.71. The molecule has 98 valence electrons. The fourth-order valence-corrected chi connectivity index (χ4v) is 1.94. The van der Waals surface area contributed by atoms with Crippen LogP contribution in [0.5, 0.6) is 0 Å². The average Bonchev–Trinajstić information content (AvgIpc) is 2.40. The lowest BCUT2D eigenvalue weighted by Crippen LogP contribution is -2.22. The first kappa shape index (κ1) is 12.8. The Balaban J connectivity index is 1.92. The fourth-order valence-electron chi connectivity index (χ4n) is 1.94. The predicted octanol–water partition coefficient (Wildman–Crippen LogP) is 1.56. The van der Waals surface area contributed by atoms with Gasteiger partial charge in [0.15, 0.2) is 0 Å². The van der Waals surface area contributed by atoms with Gasteiger partial charge in [0.1, 0.15) is 0 Å². The molecule has 0 bridgehead atoms. The fraction of sp³-hybridized carbons (Fsp3) is 0.538. The van der Waals surface area contributed by atoms with E-state index in [1.165, 1.54) is 6.20 Å². The number of nitrogens with two attached hydrogens (primary N) is 1. The van der Waals surface area contributed by atoms with Crippen LogP contribution in [0.25, 0.3) is 0 Å². The van der Waals surface area contributed by atoms with Gasteiger partial charge in [0.25, 0.3) is 0 Å². The quantitative estimate of drug-likeness (QED) is 0.824. The van der Waals surface area contributed by atoms with Gasteiger partial charge in [-0.2, -0.15) is 0 Å². The standard InChI is InChI=1S/C13H18N2O3/c1-9-12(6-11(14)7-15-9)13(16)18-8-10-2-4-17-5-3-10/h6-7,10H,2-5,8,14H2,1H3. The van der Waals surface area contributed by atoms with E-state index in [0.29, 0.717) is 29.5 Å². The number of pyridine rings is 1. The summed E-state index contributed by atoms with van der Waals surface area (Å²) in [6, 6.07) is 1.61. The number of anilines is 1. The minimum Gasteiger partial charge on any atom is -0.462 e. The van der Waals surface area contributed by atoms with Crippen LogP contribution < -0.4 is 5.73 Å². The first-order valence-electron chi connectivity index (χ1n) is 6.14. The van der Waals surface area contributed by atoms with Crippen molar-refractivity contribution in [3.8, 4) is 0 Å². The minimum absolute atomic E-state index is 0.348. The van der Waals surface area contributed by atoms with Crippen molar-refractivity contribution in [2.75, 3.05) is 25.6 Å². The largest absolute Gasteiger partial charge is 0.462 e. The zero-order chi connectivity index (χ0) is 13.0. The molecule has 0 amide bonds. The highest BCUT2D eigenvalue weighted by Gasteiger charge is 2.18. The Morgan fingerprint density at radius 2 is 2.28 bits per heavy atom. The molecule has 0 aromatic carbocycles. The molecule has 2 N–H and O–H groups in total. The molecule has 0 radical (unpaired) electrons. The van der Waals surface area contributed by atoms with Crippen LogP contribution in [-0.2, 0) is 9.47 Å². The number of carbonyl (C=O) groups excluding carboxylic acids is 1. The number of aromatic nitrogens is 1. The number of nitrogen functional groups attached to an aromatic ring is 1. The zero-order valence-corrected chi connectivity index (χ0v) is 10.5. The van der Waals surface area contributed by atoms with Crippen molar-refractivity contribution in [3.05, 3.63) is 23.5 Å². The summed E-state index contributed by atoms with van der Waals surface area (Å²) in [4.78, 5) is 16.0. The summed E-state index contributed by atoms with van der Waals surface area (Å²) < 4.78 is 10.6. The van der Waals surface area contributed by atoms with Crippen LogP contribution in [0.1, 0.15) is 28.9 Å². The van der Waals surface area contributed by atoms with Crippen molar-refractivity contribution >= 4 is 11.7 Å². The van der Waals surface area contributed by atoms with Gasteiger partial charge >= 0.3 is 5.97 Å². The van der Waals surface area contributed by atoms with Crippen LogP contribution in [-0.4, -0.2) is 30.8 Å². The Hall–Kier alpha value is -1.62. The number of hydrogen-bond donors (Lipinski definition) is 1. The van der Waals surface area contributed by atoms with Crippen LogP contribution >= 0.6 is 0 Å². The van der Waals surface area contributed by atoms with E-state index in [1.807, 2.05) is 0 Å². The monoisotopic (exact) mass is 250 g/mol. The van der Waals surface area contributed by atoms with Crippen molar-refractivity contribution in [2.24, 2.45) is 5.92 Å². The van der Waals surface area contributed by atoms with E-state index in [0.717, 1.165) is 26.1 Å². The minimum atomic E-state index is -0.348. The Kier molecular flexibility index (Phi) is 4.15. The smallest absolute Gasteiger partial charge is 0.340 e. The van der Waals surface area contributed by atoms with Crippen LogP contribution in [0.4, 0.5) is 5.69 Å². The molecule has 1 aliphatic heterocycles. The van der Waals surface area contributed by atoms with Crippen LogP contribution in [0.15, 0.2) is 12.3 Å². The molecular weight excluding hydrogens is 232 g/mol. The normalized spacial score (nSPS) is 16.5. The van der Waals surface area contributed by atoms with Gasteiger partial charge in [-0.15, -0.1) is 0 Å². The number of hydrogen-bond acceptors (Lipinski definition) is 5. The maximum Gasteiger partial charge on any atom is 0.340 e. The molecule has 0 saturated carbocycles. The summed E-state index contributed by atoms with van der Waals surface area (Å²) in [6.07, 6.45) is 3.42. The molecular formula is C13H18N2O3. The van der Waals surface area contributed by atoms with Crippen LogP contribution in [0, 0.1) is 12.8 Å². The van der Waals surface area contributed by atoms with Gasteiger partial charge in [-0.1, -0.05) is 0 Å². The topological polar surface area (TPSA) is 74.4 Å². The Morgan fingerprint density at radius 1 is 1.56 bits per heavy atom.